The Morgan fingerprint density at radius 1 is 1.47 bits per heavy atom. The van der Waals surface area contributed by atoms with Crippen LogP contribution in [0.25, 0.3) is 0 Å². The van der Waals surface area contributed by atoms with E-state index in [4.69, 9.17) is 10.8 Å². The summed E-state index contributed by atoms with van der Waals surface area (Å²) in [4.78, 5) is 44.6. The molecule has 0 aromatic carbocycles. The molecule has 19 heavy (non-hydrogen) atoms. The van der Waals surface area contributed by atoms with Crippen molar-refractivity contribution >= 4 is 17.8 Å². The summed E-state index contributed by atoms with van der Waals surface area (Å²) in [6.07, 6.45) is 0.854. The van der Waals surface area contributed by atoms with Gasteiger partial charge in [-0.25, -0.2) is 4.79 Å². The highest BCUT2D eigenvalue weighted by molar-refractivity contribution is 5.97. The van der Waals surface area contributed by atoms with Gasteiger partial charge in [0.05, 0.1) is 6.42 Å². The summed E-state index contributed by atoms with van der Waals surface area (Å²) >= 11 is 0. The fourth-order valence-corrected chi connectivity index (χ4v) is 1.33. The third-order valence-electron chi connectivity index (χ3n) is 2.38. The Labute approximate surface area is 107 Å². The van der Waals surface area contributed by atoms with Gasteiger partial charge in [-0.3, -0.25) is 14.4 Å². The number of primary amides is 1. The number of carboxylic acid groups (broad SMARTS) is 1. The van der Waals surface area contributed by atoms with Crippen LogP contribution in [0.5, 0.6) is 0 Å². The van der Waals surface area contributed by atoms with Crippen molar-refractivity contribution in [2.24, 2.45) is 12.8 Å². The second kappa shape index (κ2) is 5.80. The van der Waals surface area contributed by atoms with Gasteiger partial charge in [0.25, 0.3) is 11.5 Å². The first kappa shape index (κ1) is 14.4. The topological polar surface area (TPSA) is 131 Å². The predicted molar refractivity (Wildman–Crippen MR) is 64.4 cm³/mol. The second-order valence-corrected chi connectivity index (χ2v) is 3.90. The van der Waals surface area contributed by atoms with Gasteiger partial charge in [0.1, 0.15) is 6.04 Å². The lowest BCUT2D eigenvalue weighted by Crippen LogP contribution is -2.43. The third-order valence-corrected chi connectivity index (χ3v) is 2.38. The van der Waals surface area contributed by atoms with Crippen LogP contribution in [0.4, 0.5) is 0 Å². The van der Waals surface area contributed by atoms with E-state index in [9.17, 15) is 19.2 Å². The number of amides is 2. The van der Waals surface area contributed by atoms with Crippen LogP contribution in [0.2, 0.25) is 0 Å². The molecule has 0 fully saturated rings. The van der Waals surface area contributed by atoms with Gasteiger partial charge >= 0.3 is 5.97 Å². The number of aromatic nitrogens is 1. The van der Waals surface area contributed by atoms with Crippen molar-refractivity contribution < 1.29 is 19.5 Å². The first-order valence-electron chi connectivity index (χ1n) is 5.30. The summed E-state index contributed by atoms with van der Waals surface area (Å²) in [6, 6.07) is 1.01. The van der Waals surface area contributed by atoms with Gasteiger partial charge in [0.15, 0.2) is 0 Å². The molecule has 1 aromatic heterocycles. The van der Waals surface area contributed by atoms with Gasteiger partial charge < -0.3 is 20.7 Å². The molecular formula is C11H13N3O5. The summed E-state index contributed by atoms with van der Waals surface area (Å²) in [7, 11) is 1.51. The maximum Gasteiger partial charge on any atom is 0.326 e. The molecule has 1 aromatic rings. The maximum absolute atomic E-state index is 11.7. The maximum atomic E-state index is 11.7. The largest absolute Gasteiger partial charge is 0.480 e. The summed E-state index contributed by atoms with van der Waals surface area (Å²) < 4.78 is 1.26. The number of hydrogen-bond donors (Lipinski definition) is 3. The molecular weight excluding hydrogens is 254 g/mol. The summed E-state index contributed by atoms with van der Waals surface area (Å²) in [5.74, 6) is -2.99. The molecule has 1 atom stereocenters. The van der Waals surface area contributed by atoms with Crippen LogP contribution in [-0.4, -0.2) is 33.5 Å². The lowest BCUT2D eigenvalue weighted by atomic mass is 10.1. The third kappa shape index (κ3) is 3.95. The van der Waals surface area contributed by atoms with Crippen molar-refractivity contribution in [3.8, 4) is 0 Å². The Kier molecular flexibility index (Phi) is 4.41. The van der Waals surface area contributed by atoms with Gasteiger partial charge in [0, 0.05) is 24.9 Å². The molecule has 0 aliphatic carbocycles. The zero-order valence-electron chi connectivity index (χ0n) is 10.1. The predicted octanol–water partition coefficient (Wildman–Crippen LogP) is -1.56. The van der Waals surface area contributed by atoms with Crippen LogP contribution in [0.1, 0.15) is 16.8 Å². The molecule has 0 saturated heterocycles. The smallest absolute Gasteiger partial charge is 0.326 e. The number of rotatable bonds is 5. The van der Waals surface area contributed by atoms with E-state index in [1.165, 1.54) is 23.9 Å². The summed E-state index contributed by atoms with van der Waals surface area (Å²) in [5.41, 5.74) is 4.49. The van der Waals surface area contributed by atoms with Crippen molar-refractivity contribution in [3.05, 3.63) is 34.2 Å². The Morgan fingerprint density at radius 2 is 2.11 bits per heavy atom. The minimum absolute atomic E-state index is 0.0128. The Morgan fingerprint density at radius 3 is 2.58 bits per heavy atom. The van der Waals surface area contributed by atoms with E-state index in [0.29, 0.717) is 0 Å². The van der Waals surface area contributed by atoms with E-state index in [0.717, 1.165) is 6.07 Å². The molecule has 8 heteroatoms. The first-order chi connectivity index (χ1) is 8.81. The number of carboxylic acids is 1. The highest BCUT2D eigenvalue weighted by Crippen LogP contribution is 1.98. The number of carbonyl (C=O) groups is 3. The molecule has 0 aliphatic heterocycles. The van der Waals surface area contributed by atoms with Crippen LogP contribution < -0.4 is 16.6 Å². The minimum atomic E-state index is -1.42. The number of hydrogen-bond acceptors (Lipinski definition) is 4. The number of pyridine rings is 1. The lowest BCUT2D eigenvalue weighted by molar-refractivity contribution is -0.140. The number of nitrogens with zero attached hydrogens (tertiary/aromatic N) is 1. The number of carbonyl (C=O) groups excluding carboxylic acids is 2. The highest BCUT2D eigenvalue weighted by atomic mass is 16.4. The summed E-state index contributed by atoms with van der Waals surface area (Å²) in [5, 5.41) is 11.0. The Hall–Kier alpha value is -2.64. The molecule has 102 valence electrons. The Bertz CT molecular complexity index is 578. The van der Waals surface area contributed by atoms with Crippen molar-refractivity contribution in [1.29, 1.82) is 0 Å². The molecule has 0 bridgehead atoms. The lowest BCUT2D eigenvalue weighted by Gasteiger charge is -2.12. The van der Waals surface area contributed by atoms with E-state index >= 15 is 0 Å². The average molecular weight is 267 g/mol. The van der Waals surface area contributed by atoms with Gasteiger partial charge in [-0.1, -0.05) is 0 Å². The molecule has 0 aliphatic rings. The first-order valence-corrected chi connectivity index (χ1v) is 5.30. The zero-order valence-corrected chi connectivity index (χ0v) is 10.1. The molecule has 0 radical (unpaired) electrons. The normalized spacial score (nSPS) is 11.6. The van der Waals surface area contributed by atoms with E-state index in [1.54, 1.807) is 0 Å². The highest BCUT2D eigenvalue weighted by Gasteiger charge is 2.22. The fraction of sp³-hybridized carbons (Fsp3) is 0.273. The number of nitrogens with two attached hydrogens (primary N) is 1. The van der Waals surface area contributed by atoms with Gasteiger partial charge in [-0.15, -0.1) is 0 Å². The quantitative estimate of drug-likeness (QED) is 0.594. The number of aryl methyl sites for hydroxylation is 1. The molecule has 8 nitrogen and oxygen atoms in total. The fourth-order valence-electron chi connectivity index (χ4n) is 1.33. The molecule has 2 amide bonds. The molecule has 0 saturated carbocycles. The van der Waals surface area contributed by atoms with Crippen LogP contribution in [0, 0.1) is 0 Å². The zero-order chi connectivity index (χ0) is 14.6. The van der Waals surface area contributed by atoms with Crippen molar-refractivity contribution in [3.63, 3.8) is 0 Å². The van der Waals surface area contributed by atoms with E-state index in [1.807, 2.05) is 0 Å². The molecule has 0 spiro atoms. The van der Waals surface area contributed by atoms with Crippen LogP contribution >= 0.6 is 0 Å². The molecule has 4 N–H and O–H groups in total. The van der Waals surface area contributed by atoms with Crippen molar-refractivity contribution in [2.75, 3.05) is 0 Å². The molecule has 0 unspecified atom stereocenters. The van der Waals surface area contributed by atoms with Crippen LogP contribution in [0.15, 0.2) is 23.1 Å². The Balaban J connectivity index is 2.87. The van der Waals surface area contributed by atoms with Gasteiger partial charge in [-0.05, 0) is 6.07 Å². The molecule has 1 rings (SSSR count). The van der Waals surface area contributed by atoms with Gasteiger partial charge in [0.2, 0.25) is 5.91 Å². The SMILES string of the molecule is Cn1ccc(C(=O)N[C@H](CC(N)=O)C(=O)O)cc1=O. The number of nitrogens with one attached hydrogen (secondary N) is 1. The van der Waals surface area contributed by atoms with Crippen LogP contribution in [0.3, 0.4) is 0 Å². The standard InChI is InChI=1S/C11H13N3O5/c1-14-3-2-6(4-9(14)16)10(17)13-7(11(18)19)5-8(12)15/h2-4,7H,5H2,1H3,(H2,12,15)(H,13,17)(H,18,19)/t7-/m1/s1. The minimum Gasteiger partial charge on any atom is -0.480 e. The average Bonchev–Trinajstić information content (AvgIpc) is 2.31. The second-order valence-electron chi connectivity index (χ2n) is 3.90. The summed E-state index contributed by atoms with van der Waals surface area (Å²) in [6.45, 7) is 0. The van der Waals surface area contributed by atoms with E-state index < -0.39 is 35.8 Å². The van der Waals surface area contributed by atoms with E-state index in [-0.39, 0.29) is 5.56 Å². The van der Waals surface area contributed by atoms with Crippen LogP contribution in [-0.2, 0) is 16.6 Å². The van der Waals surface area contributed by atoms with Crippen molar-refractivity contribution in [1.82, 2.24) is 9.88 Å². The number of aliphatic carboxylic acids is 1. The van der Waals surface area contributed by atoms with Crippen molar-refractivity contribution in [2.45, 2.75) is 12.5 Å². The van der Waals surface area contributed by atoms with E-state index in [2.05, 4.69) is 5.32 Å². The molecule has 1 heterocycles. The van der Waals surface area contributed by atoms with Gasteiger partial charge in [-0.2, -0.15) is 0 Å². The monoisotopic (exact) mass is 267 g/mol.